The summed E-state index contributed by atoms with van der Waals surface area (Å²) in [6, 6.07) is 0. The molecule has 1 fully saturated rings. The van der Waals surface area contributed by atoms with Crippen LogP contribution in [0.15, 0.2) is 6.20 Å². The van der Waals surface area contributed by atoms with Crippen molar-refractivity contribution in [3.05, 3.63) is 17.7 Å². The third-order valence-electron chi connectivity index (χ3n) is 3.57. The summed E-state index contributed by atoms with van der Waals surface area (Å²) in [6.07, 6.45) is 7.17. The second-order valence-electron chi connectivity index (χ2n) is 5.05. The summed E-state index contributed by atoms with van der Waals surface area (Å²) >= 11 is 0. The van der Waals surface area contributed by atoms with Crippen LogP contribution in [0.4, 0.5) is 0 Å². The Morgan fingerprint density at radius 3 is 3.17 bits per heavy atom. The lowest BCUT2D eigenvalue weighted by molar-refractivity contribution is 0.1000. The molecule has 1 saturated heterocycles. The van der Waals surface area contributed by atoms with Crippen LogP contribution in [0, 0.1) is 6.92 Å². The highest BCUT2D eigenvalue weighted by molar-refractivity contribution is 5.04. The maximum Gasteiger partial charge on any atom is 0.105 e. The van der Waals surface area contributed by atoms with Gasteiger partial charge in [0.1, 0.15) is 5.82 Å². The summed E-state index contributed by atoms with van der Waals surface area (Å²) in [6.45, 7) is 8.22. The highest BCUT2D eigenvalue weighted by Gasteiger charge is 2.16. The fourth-order valence-corrected chi connectivity index (χ4v) is 2.50. The summed E-state index contributed by atoms with van der Waals surface area (Å²) in [5.74, 6) is 1.11. The quantitative estimate of drug-likeness (QED) is 0.756. The fourth-order valence-electron chi connectivity index (χ4n) is 2.50. The van der Waals surface area contributed by atoms with Crippen molar-refractivity contribution in [2.45, 2.75) is 58.7 Å². The van der Waals surface area contributed by atoms with Gasteiger partial charge in [-0.3, -0.25) is 0 Å². The highest BCUT2D eigenvalue weighted by atomic mass is 16.5. The molecule has 1 aliphatic rings. The van der Waals surface area contributed by atoms with Crippen molar-refractivity contribution in [2.75, 3.05) is 13.2 Å². The van der Waals surface area contributed by atoms with Crippen molar-refractivity contribution in [3.63, 3.8) is 0 Å². The SMILES string of the molecule is CCCNCc1cnc(C)n1CCC1CCCO1. The lowest BCUT2D eigenvalue weighted by Gasteiger charge is -2.14. The summed E-state index contributed by atoms with van der Waals surface area (Å²) in [5.41, 5.74) is 1.29. The second kappa shape index (κ2) is 6.90. The molecule has 4 heteroatoms. The van der Waals surface area contributed by atoms with Gasteiger partial charge in [0.15, 0.2) is 0 Å². The number of aryl methyl sites for hydroxylation is 1. The minimum Gasteiger partial charge on any atom is -0.378 e. The molecule has 0 aromatic carbocycles. The Morgan fingerprint density at radius 1 is 1.56 bits per heavy atom. The lowest BCUT2D eigenvalue weighted by atomic mass is 10.2. The normalized spacial score (nSPS) is 19.6. The fraction of sp³-hybridized carbons (Fsp3) is 0.786. The Bertz CT molecular complexity index is 356. The van der Waals surface area contributed by atoms with E-state index in [0.717, 1.165) is 38.5 Å². The molecule has 1 aliphatic heterocycles. The molecule has 0 saturated carbocycles. The number of nitrogens with one attached hydrogen (secondary N) is 1. The molecule has 1 aromatic rings. The monoisotopic (exact) mass is 251 g/mol. The molecule has 18 heavy (non-hydrogen) atoms. The minimum absolute atomic E-state index is 0.461. The number of rotatable bonds is 7. The standard InChI is InChI=1S/C14H25N3O/c1-3-7-15-10-13-11-16-12(2)17(13)8-6-14-5-4-9-18-14/h11,14-15H,3-10H2,1-2H3. The molecule has 0 spiro atoms. The third-order valence-corrected chi connectivity index (χ3v) is 3.57. The molecule has 0 bridgehead atoms. The molecule has 1 atom stereocenters. The average Bonchev–Trinajstić information content (AvgIpc) is 2.98. The number of ether oxygens (including phenoxy) is 1. The Morgan fingerprint density at radius 2 is 2.44 bits per heavy atom. The first kappa shape index (κ1) is 13.6. The van der Waals surface area contributed by atoms with Gasteiger partial charge in [-0.15, -0.1) is 0 Å². The number of hydrogen-bond donors (Lipinski definition) is 1. The van der Waals surface area contributed by atoms with E-state index in [2.05, 4.69) is 28.7 Å². The molecule has 1 N–H and O–H groups in total. The van der Waals surface area contributed by atoms with E-state index in [0.29, 0.717) is 6.10 Å². The maximum atomic E-state index is 5.68. The number of hydrogen-bond acceptors (Lipinski definition) is 3. The topological polar surface area (TPSA) is 39.1 Å². The molecule has 1 unspecified atom stereocenters. The van der Waals surface area contributed by atoms with Crippen molar-refractivity contribution in [2.24, 2.45) is 0 Å². The Kier molecular flexibility index (Phi) is 5.20. The van der Waals surface area contributed by atoms with Crippen molar-refractivity contribution >= 4 is 0 Å². The van der Waals surface area contributed by atoms with Gasteiger partial charge in [0.2, 0.25) is 0 Å². The average molecular weight is 251 g/mol. The smallest absolute Gasteiger partial charge is 0.105 e. The predicted molar refractivity (Wildman–Crippen MR) is 72.6 cm³/mol. The molecule has 4 nitrogen and oxygen atoms in total. The molecule has 0 radical (unpaired) electrons. The zero-order chi connectivity index (χ0) is 12.8. The van der Waals surface area contributed by atoms with Gasteiger partial charge >= 0.3 is 0 Å². The van der Waals surface area contributed by atoms with Gasteiger partial charge in [0.05, 0.1) is 11.8 Å². The first-order valence-electron chi connectivity index (χ1n) is 7.14. The summed E-state index contributed by atoms with van der Waals surface area (Å²) in [7, 11) is 0. The van der Waals surface area contributed by atoms with Gasteiger partial charge in [-0.05, 0) is 39.2 Å². The molecule has 1 aromatic heterocycles. The van der Waals surface area contributed by atoms with Gasteiger partial charge in [-0.1, -0.05) is 6.92 Å². The van der Waals surface area contributed by atoms with E-state index in [9.17, 15) is 0 Å². The van der Waals surface area contributed by atoms with E-state index in [-0.39, 0.29) is 0 Å². The van der Waals surface area contributed by atoms with Crippen LogP contribution in [0.3, 0.4) is 0 Å². The second-order valence-corrected chi connectivity index (χ2v) is 5.05. The lowest BCUT2D eigenvalue weighted by Crippen LogP contribution is -2.19. The zero-order valence-corrected chi connectivity index (χ0v) is 11.6. The minimum atomic E-state index is 0.461. The van der Waals surface area contributed by atoms with Gasteiger partial charge in [-0.2, -0.15) is 0 Å². The molecule has 102 valence electrons. The van der Waals surface area contributed by atoms with Crippen molar-refractivity contribution in [3.8, 4) is 0 Å². The van der Waals surface area contributed by atoms with Crippen LogP contribution in [0.1, 0.15) is 44.1 Å². The number of nitrogens with zero attached hydrogens (tertiary/aromatic N) is 2. The first-order chi connectivity index (χ1) is 8.81. The summed E-state index contributed by atoms with van der Waals surface area (Å²) < 4.78 is 8.00. The van der Waals surface area contributed by atoms with Gasteiger partial charge in [-0.25, -0.2) is 4.98 Å². The summed E-state index contributed by atoms with van der Waals surface area (Å²) in [4.78, 5) is 4.42. The third kappa shape index (κ3) is 3.56. The first-order valence-corrected chi connectivity index (χ1v) is 7.14. The van der Waals surface area contributed by atoms with Gasteiger partial charge < -0.3 is 14.6 Å². The van der Waals surface area contributed by atoms with Crippen LogP contribution >= 0.6 is 0 Å². The maximum absolute atomic E-state index is 5.68. The Labute approximate surface area is 110 Å². The van der Waals surface area contributed by atoms with Crippen molar-refractivity contribution in [1.82, 2.24) is 14.9 Å². The van der Waals surface area contributed by atoms with E-state index in [4.69, 9.17) is 4.74 Å². The largest absolute Gasteiger partial charge is 0.378 e. The van der Waals surface area contributed by atoms with Crippen LogP contribution < -0.4 is 5.32 Å². The van der Waals surface area contributed by atoms with Gasteiger partial charge in [0.25, 0.3) is 0 Å². The number of imidazole rings is 1. The summed E-state index contributed by atoms with van der Waals surface area (Å²) in [5, 5.41) is 3.44. The molecular weight excluding hydrogens is 226 g/mol. The molecule has 0 aliphatic carbocycles. The van der Waals surface area contributed by atoms with E-state index in [1.807, 2.05) is 6.20 Å². The molecule has 2 heterocycles. The van der Waals surface area contributed by atoms with Crippen LogP contribution in [-0.4, -0.2) is 28.8 Å². The van der Waals surface area contributed by atoms with Crippen LogP contribution in [0.5, 0.6) is 0 Å². The number of aromatic nitrogens is 2. The predicted octanol–water partition coefficient (Wildman–Crippen LogP) is 2.26. The van der Waals surface area contributed by atoms with E-state index < -0.39 is 0 Å². The van der Waals surface area contributed by atoms with E-state index in [1.54, 1.807) is 0 Å². The van der Waals surface area contributed by atoms with E-state index in [1.165, 1.54) is 25.0 Å². The molecule has 0 amide bonds. The van der Waals surface area contributed by atoms with E-state index >= 15 is 0 Å². The van der Waals surface area contributed by atoms with Crippen LogP contribution in [0.2, 0.25) is 0 Å². The van der Waals surface area contributed by atoms with Crippen molar-refractivity contribution < 1.29 is 4.74 Å². The van der Waals surface area contributed by atoms with Gasteiger partial charge in [0, 0.05) is 25.9 Å². The Hall–Kier alpha value is -0.870. The highest BCUT2D eigenvalue weighted by Crippen LogP contribution is 2.17. The molecule has 2 rings (SSSR count). The van der Waals surface area contributed by atoms with Crippen LogP contribution in [0.25, 0.3) is 0 Å². The van der Waals surface area contributed by atoms with Crippen LogP contribution in [-0.2, 0) is 17.8 Å². The van der Waals surface area contributed by atoms with Crippen molar-refractivity contribution in [1.29, 1.82) is 0 Å². The zero-order valence-electron chi connectivity index (χ0n) is 11.6. The Balaban J connectivity index is 1.86. The molecular formula is C14H25N3O.